The van der Waals surface area contributed by atoms with Crippen LogP contribution < -0.4 is 0 Å². The molecule has 2 atom stereocenters. The largest absolute Gasteiger partial charge is 0.111 e. The van der Waals surface area contributed by atoms with Crippen molar-refractivity contribution in [2.75, 3.05) is 0 Å². The maximum atomic E-state index is 2.46. The maximum Gasteiger partial charge on any atom is 0.111 e. The van der Waals surface area contributed by atoms with Crippen LogP contribution in [0.15, 0.2) is 21.5 Å². The monoisotopic (exact) mass is 148 g/mol. The summed E-state index contributed by atoms with van der Waals surface area (Å²) in [6, 6.07) is 0. The van der Waals surface area contributed by atoms with Crippen molar-refractivity contribution in [1.29, 1.82) is 0 Å². The van der Waals surface area contributed by atoms with E-state index in [0.717, 1.165) is 5.04 Å². The smallest absolute Gasteiger partial charge is 0.0705 e. The average molecular weight is 148 g/mol. The molecule has 52 valence electrons. The number of allylic oxidation sites excluding steroid dienone is 4. The van der Waals surface area contributed by atoms with Gasteiger partial charge in [-0.2, -0.15) is 0 Å². The van der Waals surface area contributed by atoms with Gasteiger partial charge in [-0.15, -0.1) is 0 Å². The average Bonchev–Trinajstić information content (AvgIpc) is 2.73. The van der Waals surface area contributed by atoms with E-state index < -0.39 is 0 Å². The van der Waals surface area contributed by atoms with E-state index in [1.54, 1.807) is 11.1 Å². The lowest BCUT2D eigenvalue weighted by molar-refractivity contribution is 0.945. The molecule has 1 heteroatoms. The Morgan fingerprint density at radius 1 is 1.50 bits per heavy atom. The lowest BCUT2D eigenvalue weighted by atomic mass is 10.0. The molecule has 2 unspecified atom stereocenters. The molecule has 0 nitrogen and oxygen atoms in total. The third-order valence-electron chi connectivity index (χ3n) is 3.75. The van der Waals surface area contributed by atoms with Crippen LogP contribution in [-0.4, -0.2) is 8.80 Å². The Morgan fingerprint density at radius 3 is 2.30 bits per heavy atom. The van der Waals surface area contributed by atoms with Gasteiger partial charge in [-0.25, -0.2) is 0 Å². The zero-order valence-corrected chi connectivity index (χ0v) is 7.94. The van der Waals surface area contributed by atoms with Crippen LogP contribution in [0.2, 0.25) is 5.04 Å². The van der Waals surface area contributed by atoms with Gasteiger partial charge in [0.25, 0.3) is 0 Å². The molecule has 3 heterocycles. The number of hydrogen-bond donors (Lipinski definition) is 0. The topological polar surface area (TPSA) is 0 Å². The van der Waals surface area contributed by atoms with Crippen LogP contribution in [0, 0.1) is 0 Å². The van der Waals surface area contributed by atoms with Gasteiger partial charge in [0.2, 0.25) is 0 Å². The van der Waals surface area contributed by atoms with Crippen molar-refractivity contribution in [2.45, 2.75) is 32.2 Å². The molecule has 4 aliphatic rings. The molecule has 0 N–H and O–H groups in total. The Kier molecular flexibility index (Phi) is 0.587. The molecular weight excluding hydrogens is 136 g/mol. The summed E-state index contributed by atoms with van der Waals surface area (Å²) < 4.78 is 0. The van der Waals surface area contributed by atoms with Crippen LogP contribution in [-0.2, 0) is 0 Å². The van der Waals surface area contributed by atoms with Gasteiger partial charge in [-0.1, -0.05) is 29.8 Å². The summed E-state index contributed by atoms with van der Waals surface area (Å²) in [6.07, 6.45) is 1.30. The Morgan fingerprint density at radius 2 is 2.10 bits per heavy atom. The third-order valence-corrected chi connectivity index (χ3v) is 7.70. The molecule has 0 aromatic heterocycles. The minimum atomic E-state index is -0.288. The van der Waals surface area contributed by atoms with Gasteiger partial charge < -0.3 is 0 Å². The molecule has 0 radical (unpaired) electrons. The van der Waals surface area contributed by atoms with Crippen LogP contribution in [0.5, 0.6) is 0 Å². The SMILES string of the molecule is CCC1=C(C)C2(C)C3=C1[SiH]32. The molecule has 4 rings (SSSR count). The molecule has 3 aliphatic heterocycles. The van der Waals surface area contributed by atoms with Crippen LogP contribution in [0.1, 0.15) is 27.2 Å². The second kappa shape index (κ2) is 1.09. The minimum absolute atomic E-state index is 0.288. The summed E-state index contributed by atoms with van der Waals surface area (Å²) in [7, 11) is -0.288. The van der Waals surface area contributed by atoms with E-state index in [1.165, 1.54) is 6.42 Å². The van der Waals surface area contributed by atoms with Crippen LogP contribution in [0.25, 0.3) is 0 Å². The van der Waals surface area contributed by atoms with Gasteiger partial charge in [0.05, 0.1) is 0 Å². The van der Waals surface area contributed by atoms with Crippen molar-refractivity contribution in [2.24, 2.45) is 0 Å². The van der Waals surface area contributed by atoms with E-state index in [9.17, 15) is 0 Å². The van der Waals surface area contributed by atoms with Crippen LogP contribution >= 0.6 is 0 Å². The number of hydrogen-bond acceptors (Lipinski definition) is 0. The van der Waals surface area contributed by atoms with Gasteiger partial charge >= 0.3 is 0 Å². The lowest BCUT2D eigenvalue weighted by Crippen LogP contribution is -1.93. The van der Waals surface area contributed by atoms with Crippen molar-refractivity contribution < 1.29 is 0 Å². The maximum absolute atomic E-state index is 2.46. The zero-order valence-electron chi connectivity index (χ0n) is 6.78. The third kappa shape index (κ3) is 0.271. The van der Waals surface area contributed by atoms with Gasteiger partial charge in [0.15, 0.2) is 0 Å². The summed E-state index contributed by atoms with van der Waals surface area (Å²) >= 11 is 0. The highest BCUT2D eigenvalue weighted by Gasteiger charge is 2.77. The van der Waals surface area contributed by atoms with Crippen molar-refractivity contribution in [3.63, 3.8) is 0 Å². The molecule has 0 aromatic carbocycles. The molecule has 10 heavy (non-hydrogen) atoms. The summed E-state index contributed by atoms with van der Waals surface area (Å²) in [6.45, 7) is 7.11. The summed E-state index contributed by atoms with van der Waals surface area (Å²) in [4.78, 5) is 0. The standard InChI is InChI=1S/C9H12Si/c1-4-6-5(2)9(3)8-7(6)10(8)9/h10H,4H2,1-3H3. The first-order valence-corrected chi connectivity index (χ1v) is 5.91. The first kappa shape index (κ1) is 5.36. The van der Waals surface area contributed by atoms with Gasteiger partial charge in [0, 0.05) is 5.04 Å². The molecule has 0 amide bonds. The van der Waals surface area contributed by atoms with Gasteiger partial charge in [-0.3, -0.25) is 0 Å². The quantitative estimate of drug-likeness (QED) is 0.500. The van der Waals surface area contributed by atoms with E-state index in [0.29, 0.717) is 0 Å². The molecule has 0 saturated carbocycles. The highest BCUT2D eigenvalue weighted by Crippen LogP contribution is 2.84. The minimum Gasteiger partial charge on any atom is -0.0705 e. The predicted octanol–water partition coefficient (Wildman–Crippen LogP) is 2.12. The second-order valence-electron chi connectivity index (χ2n) is 3.92. The molecule has 1 fully saturated rings. The van der Waals surface area contributed by atoms with E-state index >= 15 is 0 Å². The Balaban J connectivity index is 2.17. The lowest BCUT2D eigenvalue weighted by Gasteiger charge is -2.05. The zero-order chi connectivity index (χ0) is 7.09. The molecular formula is C9H12Si. The van der Waals surface area contributed by atoms with Crippen LogP contribution in [0.4, 0.5) is 0 Å². The summed E-state index contributed by atoms with van der Waals surface area (Å²) in [5.74, 6) is 0. The van der Waals surface area contributed by atoms with Crippen molar-refractivity contribution in [3.05, 3.63) is 21.5 Å². The van der Waals surface area contributed by atoms with E-state index in [1.807, 2.05) is 10.4 Å². The molecule has 1 saturated heterocycles. The Bertz CT molecular complexity index is 309. The highest BCUT2D eigenvalue weighted by molar-refractivity contribution is 7.05. The Labute approximate surface area is 63.2 Å². The molecule has 1 aliphatic carbocycles. The predicted molar refractivity (Wildman–Crippen MR) is 45.5 cm³/mol. The van der Waals surface area contributed by atoms with Crippen molar-refractivity contribution >= 4 is 8.80 Å². The highest BCUT2D eigenvalue weighted by atomic mass is 28.3. The van der Waals surface area contributed by atoms with Gasteiger partial charge in [0.1, 0.15) is 8.80 Å². The molecule has 0 spiro atoms. The fraction of sp³-hybridized carbons (Fsp3) is 0.556. The van der Waals surface area contributed by atoms with E-state index in [2.05, 4.69) is 20.8 Å². The van der Waals surface area contributed by atoms with Crippen molar-refractivity contribution in [1.82, 2.24) is 0 Å². The molecule has 0 aromatic rings. The fourth-order valence-electron chi connectivity index (χ4n) is 2.88. The first-order chi connectivity index (χ1) is 4.73. The van der Waals surface area contributed by atoms with Crippen LogP contribution in [0.3, 0.4) is 0 Å². The Hall–Kier alpha value is -0.303. The van der Waals surface area contributed by atoms with Crippen molar-refractivity contribution in [3.8, 4) is 0 Å². The number of rotatable bonds is 1. The first-order valence-electron chi connectivity index (χ1n) is 4.18. The fourth-order valence-corrected chi connectivity index (χ4v) is 7.26. The summed E-state index contributed by atoms with van der Waals surface area (Å²) in [5.41, 5.74) is 3.51. The van der Waals surface area contributed by atoms with Gasteiger partial charge in [-0.05, 0) is 18.9 Å². The molecule has 2 bridgehead atoms. The van der Waals surface area contributed by atoms with E-state index in [4.69, 9.17) is 0 Å². The normalized spacial score (nSPS) is 46.5. The second-order valence-corrected chi connectivity index (χ2v) is 7.10. The summed E-state index contributed by atoms with van der Waals surface area (Å²) in [5, 5.41) is 4.57. The van der Waals surface area contributed by atoms with E-state index in [-0.39, 0.29) is 8.80 Å².